The van der Waals surface area contributed by atoms with Crippen LogP contribution >= 0.6 is 0 Å². The van der Waals surface area contributed by atoms with Gasteiger partial charge in [-0.1, -0.05) is 30.3 Å². The molecule has 1 unspecified atom stereocenters. The molecule has 2 N–H and O–H groups in total. The number of carboxylic acids is 1. The average Bonchev–Trinajstić information content (AvgIpc) is 2.38. The average molecular weight is 242 g/mol. The van der Waals surface area contributed by atoms with Crippen molar-refractivity contribution >= 4 is 22.6 Å². The normalized spacial score (nSPS) is 12.1. The third kappa shape index (κ3) is 2.18. The Morgan fingerprint density at radius 1 is 1.44 bits per heavy atom. The Hall–Kier alpha value is -2.36. The van der Waals surface area contributed by atoms with Gasteiger partial charge in [-0.15, -0.1) is 6.58 Å². The van der Waals surface area contributed by atoms with Gasteiger partial charge in [0.2, 0.25) is 0 Å². The number of anilines is 1. The SMILES string of the molecule is C=CC(C)Nc1ncc(C(=O)O)c2ccccc12. The minimum absolute atomic E-state index is 0.0663. The minimum atomic E-state index is -0.970. The quantitative estimate of drug-likeness (QED) is 0.809. The van der Waals surface area contributed by atoms with E-state index in [4.69, 9.17) is 5.11 Å². The van der Waals surface area contributed by atoms with Crippen LogP contribution < -0.4 is 5.32 Å². The van der Waals surface area contributed by atoms with Crippen molar-refractivity contribution in [3.8, 4) is 0 Å². The van der Waals surface area contributed by atoms with E-state index < -0.39 is 5.97 Å². The lowest BCUT2D eigenvalue weighted by molar-refractivity contribution is 0.0698. The Morgan fingerprint density at radius 2 is 2.11 bits per heavy atom. The maximum Gasteiger partial charge on any atom is 0.337 e. The van der Waals surface area contributed by atoms with Crippen molar-refractivity contribution in [3.63, 3.8) is 0 Å². The summed E-state index contributed by atoms with van der Waals surface area (Å²) in [4.78, 5) is 15.3. The first-order chi connectivity index (χ1) is 8.63. The molecule has 0 saturated carbocycles. The van der Waals surface area contributed by atoms with Crippen LogP contribution in [0.15, 0.2) is 43.1 Å². The topological polar surface area (TPSA) is 62.2 Å². The number of nitrogens with one attached hydrogen (secondary N) is 1. The van der Waals surface area contributed by atoms with Crippen molar-refractivity contribution in [2.24, 2.45) is 0 Å². The molecule has 92 valence electrons. The molecule has 1 aromatic heterocycles. The van der Waals surface area contributed by atoms with E-state index in [1.165, 1.54) is 6.20 Å². The van der Waals surface area contributed by atoms with Crippen LogP contribution in [0.5, 0.6) is 0 Å². The van der Waals surface area contributed by atoms with Crippen molar-refractivity contribution in [2.75, 3.05) is 5.32 Å². The van der Waals surface area contributed by atoms with Gasteiger partial charge in [-0.05, 0) is 6.92 Å². The van der Waals surface area contributed by atoms with Gasteiger partial charge >= 0.3 is 5.97 Å². The summed E-state index contributed by atoms with van der Waals surface area (Å²) < 4.78 is 0. The number of pyridine rings is 1. The summed E-state index contributed by atoms with van der Waals surface area (Å²) in [6.45, 7) is 5.65. The van der Waals surface area contributed by atoms with Crippen molar-refractivity contribution in [1.82, 2.24) is 4.98 Å². The minimum Gasteiger partial charge on any atom is -0.478 e. The number of benzene rings is 1. The molecule has 0 aliphatic carbocycles. The van der Waals surface area contributed by atoms with E-state index in [9.17, 15) is 4.79 Å². The predicted octanol–water partition coefficient (Wildman–Crippen LogP) is 2.92. The van der Waals surface area contributed by atoms with Crippen molar-refractivity contribution in [2.45, 2.75) is 13.0 Å². The van der Waals surface area contributed by atoms with Crippen LogP contribution in [0.3, 0.4) is 0 Å². The van der Waals surface area contributed by atoms with Crippen LogP contribution in [0, 0.1) is 0 Å². The monoisotopic (exact) mass is 242 g/mol. The fourth-order valence-corrected chi connectivity index (χ4v) is 1.75. The highest BCUT2D eigenvalue weighted by atomic mass is 16.4. The number of rotatable bonds is 4. The van der Waals surface area contributed by atoms with E-state index in [1.807, 2.05) is 25.1 Å². The molecule has 18 heavy (non-hydrogen) atoms. The fourth-order valence-electron chi connectivity index (χ4n) is 1.75. The maximum absolute atomic E-state index is 11.1. The Morgan fingerprint density at radius 3 is 2.72 bits per heavy atom. The summed E-state index contributed by atoms with van der Waals surface area (Å²) in [5.41, 5.74) is 0.211. The molecule has 0 fully saturated rings. The molecule has 2 aromatic rings. The summed E-state index contributed by atoms with van der Waals surface area (Å²) in [5.74, 6) is -0.301. The van der Waals surface area contributed by atoms with Gasteiger partial charge in [0.1, 0.15) is 5.82 Å². The molecule has 2 rings (SSSR count). The van der Waals surface area contributed by atoms with Gasteiger partial charge in [-0.25, -0.2) is 9.78 Å². The Labute approximate surface area is 105 Å². The van der Waals surface area contributed by atoms with Crippen molar-refractivity contribution < 1.29 is 9.90 Å². The van der Waals surface area contributed by atoms with Crippen molar-refractivity contribution in [3.05, 3.63) is 48.7 Å². The first-order valence-electron chi connectivity index (χ1n) is 5.63. The summed E-state index contributed by atoms with van der Waals surface area (Å²) in [6, 6.07) is 7.38. The highest BCUT2D eigenvalue weighted by Gasteiger charge is 2.12. The second kappa shape index (κ2) is 4.87. The Kier molecular flexibility index (Phi) is 3.28. The number of hydrogen-bond acceptors (Lipinski definition) is 3. The molecular weight excluding hydrogens is 228 g/mol. The smallest absolute Gasteiger partial charge is 0.337 e. The predicted molar refractivity (Wildman–Crippen MR) is 72.0 cm³/mol. The summed E-state index contributed by atoms with van der Waals surface area (Å²) in [5, 5.41) is 13.8. The summed E-state index contributed by atoms with van der Waals surface area (Å²) >= 11 is 0. The number of aromatic carboxylic acids is 1. The molecule has 4 nitrogen and oxygen atoms in total. The highest BCUT2D eigenvalue weighted by molar-refractivity contribution is 6.06. The number of hydrogen-bond donors (Lipinski definition) is 2. The number of aromatic nitrogens is 1. The lowest BCUT2D eigenvalue weighted by Gasteiger charge is -2.13. The molecule has 0 spiro atoms. The molecular formula is C14H14N2O2. The standard InChI is InChI=1S/C14H14N2O2/c1-3-9(2)16-13-11-7-5-4-6-10(11)12(8-15-13)14(17)18/h3-9H,1H2,2H3,(H,15,16)(H,17,18). The van der Waals surface area contributed by atoms with Gasteiger partial charge in [-0.3, -0.25) is 0 Å². The largest absolute Gasteiger partial charge is 0.478 e. The molecule has 0 radical (unpaired) electrons. The molecule has 0 amide bonds. The van der Waals surface area contributed by atoms with E-state index in [0.29, 0.717) is 11.2 Å². The Bertz CT molecular complexity index is 608. The fraction of sp³-hybridized carbons (Fsp3) is 0.143. The molecule has 0 aliphatic heterocycles. The number of nitrogens with zero attached hydrogens (tertiary/aromatic N) is 1. The van der Waals surface area contributed by atoms with Gasteiger partial charge in [0.05, 0.1) is 5.56 Å². The van der Waals surface area contributed by atoms with Crippen LogP contribution in [0.4, 0.5) is 5.82 Å². The molecule has 1 atom stereocenters. The van der Waals surface area contributed by atoms with E-state index in [2.05, 4.69) is 16.9 Å². The number of carboxylic acid groups (broad SMARTS) is 1. The summed E-state index contributed by atoms with van der Waals surface area (Å²) in [6.07, 6.45) is 3.14. The lowest BCUT2D eigenvalue weighted by Crippen LogP contribution is -2.13. The molecule has 0 aliphatic rings. The van der Waals surface area contributed by atoms with Gasteiger partial charge in [-0.2, -0.15) is 0 Å². The van der Waals surface area contributed by atoms with Crippen molar-refractivity contribution in [1.29, 1.82) is 0 Å². The van der Waals surface area contributed by atoms with Crippen LogP contribution in [-0.2, 0) is 0 Å². The third-order valence-corrected chi connectivity index (χ3v) is 2.74. The van der Waals surface area contributed by atoms with Gasteiger partial charge < -0.3 is 10.4 Å². The third-order valence-electron chi connectivity index (χ3n) is 2.74. The molecule has 0 saturated heterocycles. The van der Waals surface area contributed by atoms with E-state index in [1.54, 1.807) is 12.1 Å². The second-order valence-corrected chi connectivity index (χ2v) is 4.04. The van der Waals surface area contributed by atoms with Crippen LogP contribution in [0.25, 0.3) is 10.8 Å². The molecule has 0 bridgehead atoms. The number of carbonyl (C=O) groups is 1. The zero-order valence-corrected chi connectivity index (χ0v) is 10.1. The van der Waals surface area contributed by atoms with E-state index >= 15 is 0 Å². The van der Waals surface area contributed by atoms with Crippen LogP contribution in [0.2, 0.25) is 0 Å². The van der Waals surface area contributed by atoms with Gasteiger partial charge in [0.25, 0.3) is 0 Å². The van der Waals surface area contributed by atoms with E-state index in [0.717, 1.165) is 5.39 Å². The Balaban J connectivity index is 2.60. The zero-order chi connectivity index (χ0) is 13.1. The second-order valence-electron chi connectivity index (χ2n) is 4.04. The molecule has 4 heteroatoms. The molecule has 1 aromatic carbocycles. The highest BCUT2D eigenvalue weighted by Crippen LogP contribution is 2.24. The maximum atomic E-state index is 11.1. The first kappa shape index (κ1) is 12.1. The van der Waals surface area contributed by atoms with E-state index in [-0.39, 0.29) is 11.6 Å². The van der Waals surface area contributed by atoms with Gasteiger partial charge in [0, 0.05) is 23.0 Å². The lowest BCUT2D eigenvalue weighted by atomic mass is 10.1. The molecule has 1 heterocycles. The summed E-state index contributed by atoms with van der Waals surface area (Å²) in [7, 11) is 0. The first-order valence-corrected chi connectivity index (χ1v) is 5.63. The zero-order valence-electron chi connectivity index (χ0n) is 10.1. The van der Waals surface area contributed by atoms with Crippen LogP contribution in [-0.4, -0.2) is 22.1 Å². The van der Waals surface area contributed by atoms with Crippen LogP contribution in [0.1, 0.15) is 17.3 Å². The van der Waals surface area contributed by atoms with Gasteiger partial charge in [0.15, 0.2) is 0 Å². The number of fused-ring (bicyclic) bond motifs is 1.